The molecule has 0 aliphatic rings. The summed E-state index contributed by atoms with van der Waals surface area (Å²) in [5.74, 6) is -0.356. The van der Waals surface area contributed by atoms with E-state index in [0.29, 0.717) is 29.3 Å². The summed E-state index contributed by atoms with van der Waals surface area (Å²) in [5.41, 5.74) is 0.568. The smallest absolute Gasteiger partial charge is 0.275 e. The molecule has 0 spiro atoms. The van der Waals surface area contributed by atoms with Crippen LogP contribution in [-0.4, -0.2) is 32.6 Å². The molecule has 1 heterocycles. The standard InChI is InChI=1S/C21H22N4O4/c1-4-12-24-20(26)18-11-6-5-10-17(18)19(22-24)21(27)23(3)14(2)15-8-7-9-16(13-15)25(28)29/h5-11,13-14H,4,12H2,1-3H3. The summed E-state index contributed by atoms with van der Waals surface area (Å²) in [6.07, 6.45) is 0.707. The molecule has 2 aromatic carbocycles. The fourth-order valence-corrected chi connectivity index (χ4v) is 3.22. The third-order valence-electron chi connectivity index (χ3n) is 4.97. The summed E-state index contributed by atoms with van der Waals surface area (Å²) in [6, 6.07) is 12.7. The van der Waals surface area contributed by atoms with E-state index in [1.807, 2.05) is 6.92 Å². The second-order valence-corrected chi connectivity index (χ2v) is 6.87. The van der Waals surface area contributed by atoms with Gasteiger partial charge in [-0.3, -0.25) is 19.7 Å². The Labute approximate surface area is 167 Å². The van der Waals surface area contributed by atoms with Crippen molar-refractivity contribution < 1.29 is 9.72 Å². The molecule has 3 aromatic rings. The Bertz CT molecular complexity index is 1140. The van der Waals surface area contributed by atoms with Gasteiger partial charge >= 0.3 is 0 Å². The number of aromatic nitrogens is 2. The lowest BCUT2D eigenvalue weighted by molar-refractivity contribution is -0.384. The number of carbonyl (C=O) groups is 1. The average Bonchev–Trinajstić information content (AvgIpc) is 2.74. The number of nitrogens with zero attached hydrogens (tertiary/aromatic N) is 4. The maximum absolute atomic E-state index is 13.3. The van der Waals surface area contributed by atoms with Crippen LogP contribution >= 0.6 is 0 Å². The Morgan fingerprint density at radius 3 is 2.55 bits per heavy atom. The van der Waals surface area contributed by atoms with Crippen LogP contribution in [0.1, 0.15) is 42.4 Å². The highest BCUT2D eigenvalue weighted by atomic mass is 16.6. The molecule has 0 aliphatic carbocycles. The van der Waals surface area contributed by atoms with Crippen molar-refractivity contribution in [3.8, 4) is 0 Å². The van der Waals surface area contributed by atoms with Crippen molar-refractivity contribution in [1.29, 1.82) is 0 Å². The van der Waals surface area contributed by atoms with E-state index in [9.17, 15) is 19.7 Å². The molecule has 0 aliphatic heterocycles. The van der Waals surface area contributed by atoms with E-state index >= 15 is 0 Å². The van der Waals surface area contributed by atoms with Crippen LogP contribution in [0.25, 0.3) is 10.8 Å². The van der Waals surface area contributed by atoms with Gasteiger partial charge < -0.3 is 4.90 Å². The van der Waals surface area contributed by atoms with Crippen LogP contribution in [0.15, 0.2) is 53.3 Å². The number of hydrogen-bond donors (Lipinski definition) is 0. The second kappa shape index (κ2) is 8.22. The van der Waals surface area contributed by atoms with E-state index in [1.165, 1.54) is 21.7 Å². The lowest BCUT2D eigenvalue weighted by atomic mass is 10.1. The molecule has 3 rings (SSSR count). The van der Waals surface area contributed by atoms with Gasteiger partial charge in [0, 0.05) is 31.1 Å². The molecule has 0 saturated carbocycles. The van der Waals surface area contributed by atoms with Crippen LogP contribution in [0.5, 0.6) is 0 Å². The highest BCUT2D eigenvalue weighted by molar-refractivity contribution is 6.04. The number of nitro groups is 1. The number of benzene rings is 2. The highest BCUT2D eigenvalue weighted by Gasteiger charge is 2.24. The monoisotopic (exact) mass is 394 g/mol. The molecule has 8 nitrogen and oxygen atoms in total. The van der Waals surface area contributed by atoms with E-state index in [4.69, 9.17) is 0 Å². The molecule has 0 saturated heterocycles. The summed E-state index contributed by atoms with van der Waals surface area (Å²) in [5, 5.41) is 16.3. The number of nitro benzene ring substituents is 1. The molecule has 29 heavy (non-hydrogen) atoms. The van der Waals surface area contributed by atoms with Crippen molar-refractivity contribution in [2.24, 2.45) is 0 Å². The molecule has 1 amide bonds. The number of non-ortho nitro benzene ring substituents is 1. The van der Waals surface area contributed by atoms with Gasteiger partial charge in [-0.15, -0.1) is 0 Å². The van der Waals surface area contributed by atoms with Crippen molar-refractivity contribution in [1.82, 2.24) is 14.7 Å². The molecule has 0 N–H and O–H groups in total. The van der Waals surface area contributed by atoms with E-state index in [-0.39, 0.29) is 22.8 Å². The molecule has 8 heteroatoms. The second-order valence-electron chi connectivity index (χ2n) is 6.87. The van der Waals surface area contributed by atoms with Crippen LogP contribution < -0.4 is 5.56 Å². The van der Waals surface area contributed by atoms with Crippen molar-refractivity contribution in [2.75, 3.05) is 7.05 Å². The number of fused-ring (bicyclic) bond motifs is 1. The summed E-state index contributed by atoms with van der Waals surface area (Å²) >= 11 is 0. The number of rotatable bonds is 6. The van der Waals surface area contributed by atoms with Gasteiger partial charge in [0.25, 0.3) is 17.2 Å². The summed E-state index contributed by atoms with van der Waals surface area (Å²) in [4.78, 5) is 38.0. The number of amides is 1. The third kappa shape index (κ3) is 3.87. The average molecular weight is 394 g/mol. The first-order valence-electron chi connectivity index (χ1n) is 9.36. The molecule has 1 atom stereocenters. The molecule has 0 fully saturated rings. The Hall–Kier alpha value is -3.55. The maximum Gasteiger partial charge on any atom is 0.275 e. The van der Waals surface area contributed by atoms with Gasteiger partial charge in [-0.1, -0.05) is 37.3 Å². The number of carbonyl (C=O) groups excluding carboxylic acids is 1. The fourth-order valence-electron chi connectivity index (χ4n) is 3.22. The lowest BCUT2D eigenvalue weighted by Gasteiger charge is -2.25. The lowest BCUT2D eigenvalue weighted by Crippen LogP contribution is -2.33. The number of hydrogen-bond acceptors (Lipinski definition) is 5. The first-order valence-corrected chi connectivity index (χ1v) is 9.36. The first-order chi connectivity index (χ1) is 13.8. The van der Waals surface area contributed by atoms with Gasteiger partial charge in [0.1, 0.15) is 0 Å². The predicted molar refractivity (Wildman–Crippen MR) is 110 cm³/mol. The third-order valence-corrected chi connectivity index (χ3v) is 4.97. The Morgan fingerprint density at radius 2 is 1.90 bits per heavy atom. The molecule has 1 unspecified atom stereocenters. The van der Waals surface area contributed by atoms with Crippen LogP contribution in [0.4, 0.5) is 5.69 Å². The van der Waals surface area contributed by atoms with E-state index < -0.39 is 11.0 Å². The zero-order valence-corrected chi connectivity index (χ0v) is 16.5. The highest BCUT2D eigenvalue weighted by Crippen LogP contribution is 2.25. The Morgan fingerprint density at radius 1 is 1.21 bits per heavy atom. The summed E-state index contributed by atoms with van der Waals surface area (Å²) < 4.78 is 1.32. The van der Waals surface area contributed by atoms with E-state index in [1.54, 1.807) is 50.4 Å². The van der Waals surface area contributed by atoms with Gasteiger partial charge in [0.15, 0.2) is 5.69 Å². The van der Waals surface area contributed by atoms with Gasteiger partial charge in [0.05, 0.1) is 16.4 Å². The normalized spacial score (nSPS) is 12.0. The quantitative estimate of drug-likeness (QED) is 0.470. The molecular formula is C21H22N4O4. The largest absolute Gasteiger partial charge is 0.334 e. The van der Waals surface area contributed by atoms with Gasteiger partial charge in [-0.05, 0) is 25.0 Å². The minimum Gasteiger partial charge on any atom is -0.334 e. The molecule has 0 radical (unpaired) electrons. The molecule has 1 aromatic heterocycles. The fraction of sp³-hybridized carbons (Fsp3) is 0.286. The SMILES string of the molecule is CCCn1nc(C(=O)N(C)C(C)c2cccc([N+](=O)[O-])c2)c2ccccc2c1=O. The zero-order chi connectivity index (χ0) is 21.1. The van der Waals surface area contributed by atoms with Crippen molar-refractivity contribution in [3.63, 3.8) is 0 Å². The molecule has 0 bridgehead atoms. The molecular weight excluding hydrogens is 372 g/mol. The topological polar surface area (TPSA) is 98.3 Å². The van der Waals surface area contributed by atoms with Gasteiger partial charge in [0.2, 0.25) is 0 Å². The predicted octanol–water partition coefficient (Wildman–Crippen LogP) is 3.55. The Balaban J connectivity index is 2.04. The summed E-state index contributed by atoms with van der Waals surface area (Å²) in [6.45, 7) is 4.14. The van der Waals surface area contributed by atoms with Crippen molar-refractivity contribution >= 4 is 22.4 Å². The summed E-state index contributed by atoms with van der Waals surface area (Å²) in [7, 11) is 1.62. The number of aryl methyl sites for hydroxylation is 1. The van der Waals surface area contributed by atoms with Gasteiger partial charge in [-0.2, -0.15) is 5.10 Å². The zero-order valence-electron chi connectivity index (χ0n) is 16.5. The van der Waals surface area contributed by atoms with Crippen molar-refractivity contribution in [2.45, 2.75) is 32.9 Å². The van der Waals surface area contributed by atoms with Gasteiger partial charge in [-0.25, -0.2) is 4.68 Å². The maximum atomic E-state index is 13.3. The van der Waals surface area contributed by atoms with Crippen LogP contribution in [-0.2, 0) is 6.54 Å². The van der Waals surface area contributed by atoms with Crippen LogP contribution in [0.2, 0.25) is 0 Å². The minimum absolute atomic E-state index is 0.0322. The van der Waals surface area contributed by atoms with E-state index in [0.717, 1.165) is 0 Å². The van der Waals surface area contributed by atoms with E-state index in [2.05, 4.69) is 5.10 Å². The minimum atomic E-state index is -0.465. The van der Waals surface area contributed by atoms with Crippen LogP contribution in [0, 0.1) is 10.1 Å². The Kier molecular flexibility index (Phi) is 5.72. The first kappa shape index (κ1) is 20.2. The van der Waals surface area contributed by atoms with Crippen LogP contribution in [0.3, 0.4) is 0 Å². The van der Waals surface area contributed by atoms with Crippen molar-refractivity contribution in [3.05, 3.63) is 80.3 Å². The molecule has 150 valence electrons.